The number of aliphatic hydroxyl groups excluding tert-OH is 1. The van der Waals surface area contributed by atoms with Crippen molar-refractivity contribution >= 4 is 5.97 Å². The van der Waals surface area contributed by atoms with E-state index in [4.69, 9.17) is 10.2 Å². The van der Waals surface area contributed by atoms with E-state index < -0.39 is 17.2 Å². The smallest absolute Gasteiger partial charge is 0.313 e. The number of benzene rings is 1. The number of aliphatic carboxylic acids is 1. The van der Waals surface area contributed by atoms with Gasteiger partial charge in [-0.2, -0.15) is 0 Å². The lowest BCUT2D eigenvalue weighted by molar-refractivity contribution is -0.143. The van der Waals surface area contributed by atoms with Crippen LogP contribution in [0, 0.1) is 5.82 Å². The summed E-state index contributed by atoms with van der Waals surface area (Å²) in [5.41, 5.74) is -0.673. The van der Waals surface area contributed by atoms with Crippen molar-refractivity contribution in [2.24, 2.45) is 0 Å². The zero-order chi connectivity index (χ0) is 11.5. The first-order valence-electron chi connectivity index (χ1n) is 4.61. The van der Waals surface area contributed by atoms with Gasteiger partial charge in [0, 0.05) is 6.61 Å². The molecule has 0 aromatic heterocycles. The van der Waals surface area contributed by atoms with Crippen LogP contribution in [-0.2, 0) is 10.2 Å². The second kappa shape index (κ2) is 4.40. The fourth-order valence-electron chi connectivity index (χ4n) is 1.42. The number of carboxylic acids is 1. The predicted molar refractivity (Wildman–Crippen MR) is 53.1 cm³/mol. The highest BCUT2D eigenvalue weighted by Gasteiger charge is 2.34. The molecule has 1 atom stereocenters. The molecular weight excluding hydrogens is 199 g/mol. The average molecular weight is 212 g/mol. The normalized spacial score (nSPS) is 14.6. The molecule has 0 spiro atoms. The Balaban J connectivity index is 3.09. The Kier molecular flexibility index (Phi) is 3.42. The molecule has 0 radical (unpaired) electrons. The van der Waals surface area contributed by atoms with E-state index in [-0.39, 0.29) is 13.0 Å². The first-order valence-corrected chi connectivity index (χ1v) is 4.61. The van der Waals surface area contributed by atoms with Crippen molar-refractivity contribution in [2.45, 2.75) is 18.8 Å². The number of hydrogen-bond acceptors (Lipinski definition) is 2. The maximum Gasteiger partial charge on any atom is 0.313 e. The Bertz CT molecular complexity index is 347. The summed E-state index contributed by atoms with van der Waals surface area (Å²) in [5.74, 6) is -1.43. The van der Waals surface area contributed by atoms with Gasteiger partial charge in [0.25, 0.3) is 0 Å². The fraction of sp³-hybridized carbons (Fsp3) is 0.364. The zero-order valence-electron chi connectivity index (χ0n) is 8.40. The van der Waals surface area contributed by atoms with Gasteiger partial charge in [0.2, 0.25) is 0 Å². The maximum absolute atomic E-state index is 12.7. The van der Waals surface area contributed by atoms with Crippen LogP contribution in [-0.4, -0.2) is 22.8 Å². The second-order valence-electron chi connectivity index (χ2n) is 3.62. The standard InChI is InChI=1S/C11H13FO3/c1-11(6-7-13,10(14)15)8-2-4-9(12)5-3-8/h2-5,13H,6-7H2,1H3,(H,14,15). The van der Waals surface area contributed by atoms with Crippen molar-refractivity contribution in [3.63, 3.8) is 0 Å². The number of carboxylic acid groups (broad SMARTS) is 1. The van der Waals surface area contributed by atoms with Crippen LogP contribution in [0.2, 0.25) is 0 Å². The summed E-state index contributed by atoms with van der Waals surface area (Å²) in [6.45, 7) is 1.29. The van der Waals surface area contributed by atoms with Gasteiger partial charge in [0.15, 0.2) is 0 Å². The van der Waals surface area contributed by atoms with Crippen LogP contribution in [0.25, 0.3) is 0 Å². The van der Waals surface area contributed by atoms with E-state index in [1.165, 1.54) is 31.2 Å². The highest BCUT2D eigenvalue weighted by atomic mass is 19.1. The van der Waals surface area contributed by atoms with Gasteiger partial charge >= 0.3 is 5.97 Å². The van der Waals surface area contributed by atoms with Crippen molar-refractivity contribution < 1.29 is 19.4 Å². The Hall–Kier alpha value is -1.42. The second-order valence-corrected chi connectivity index (χ2v) is 3.62. The third-order valence-corrected chi connectivity index (χ3v) is 2.57. The minimum atomic E-state index is -1.16. The van der Waals surface area contributed by atoms with E-state index >= 15 is 0 Å². The third kappa shape index (κ3) is 2.33. The van der Waals surface area contributed by atoms with Gasteiger partial charge in [0.1, 0.15) is 5.82 Å². The Morgan fingerprint density at radius 3 is 2.33 bits per heavy atom. The number of carbonyl (C=O) groups is 1. The maximum atomic E-state index is 12.7. The molecule has 82 valence electrons. The van der Waals surface area contributed by atoms with Gasteiger partial charge in [-0.05, 0) is 31.0 Å². The molecule has 0 bridgehead atoms. The summed E-state index contributed by atoms with van der Waals surface area (Å²) in [6, 6.07) is 5.29. The molecule has 3 nitrogen and oxygen atoms in total. The highest BCUT2D eigenvalue weighted by molar-refractivity contribution is 5.80. The predicted octanol–water partition coefficient (Wildman–Crippen LogP) is 1.55. The third-order valence-electron chi connectivity index (χ3n) is 2.57. The fourth-order valence-corrected chi connectivity index (χ4v) is 1.42. The van der Waals surface area contributed by atoms with Gasteiger partial charge in [-0.3, -0.25) is 4.79 Å². The summed E-state index contributed by atoms with van der Waals surface area (Å²) in [6.07, 6.45) is 0.105. The molecule has 0 saturated carbocycles. The van der Waals surface area contributed by atoms with E-state index in [0.717, 1.165) is 0 Å². The molecule has 0 aliphatic heterocycles. The summed E-state index contributed by atoms with van der Waals surface area (Å²) >= 11 is 0. The van der Waals surface area contributed by atoms with Crippen LogP contribution in [0.4, 0.5) is 4.39 Å². The summed E-state index contributed by atoms with van der Waals surface area (Å²) in [4.78, 5) is 11.1. The molecule has 4 heteroatoms. The average Bonchev–Trinajstić information content (AvgIpc) is 2.18. The highest BCUT2D eigenvalue weighted by Crippen LogP contribution is 2.27. The van der Waals surface area contributed by atoms with Crippen LogP contribution in [0.1, 0.15) is 18.9 Å². The Labute approximate surface area is 87.2 Å². The molecule has 0 aliphatic rings. The van der Waals surface area contributed by atoms with E-state index in [1.807, 2.05) is 0 Å². The van der Waals surface area contributed by atoms with Gasteiger partial charge < -0.3 is 10.2 Å². The zero-order valence-corrected chi connectivity index (χ0v) is 8.40. The molecule has 1 aromatic rings. The van der Waals surface area contributed by atoms with Crippen molar-refractivity contribution in [2.75, 3.05) is 6.61 Å². The van der Waals surface area contributed by atoms with E-state index in [0.29, 0.717) is 5.56 Å². The van der Waals surface area contributed by atoms with Gasteiger partial charge in [-0.1, -0.05) is 12.1 Å². The van der Waals surface area contributed by atoms with Crippen molar-refractivity contribution in [1.29, 1.82) is 0 Å². The number of rotatable bonds is 4. The van der Waals surface area contributed by atoms with Crippen LogP contribution in [0.15, 0.2) is 24.3 Å². The largest absolute Gasteiger partial charge is 0.481 e. The van der Waals surface area contributed by atoms with Gasteiger partial charge in [-0.15, -0.1) is 0 Å². The van der Waals surface area contributed by atoms with E-state index in [2.05, 4.69) is 0 Å². The molecule has 0 aliphatic carbocycles. The van der Waals surface area contributed by atoms with Crippen LogP contribution < -0.4 is 0 Å². The monoisotopic (exact) mass is 212 g/mol. The lowest BCUT2D eigenvalue weighted by Crippen LogP contribution is -2.33. The number of halogens is 1. The van der Waals surface area contributed by atoms with Crippen molar-refractivity contribution in [3.05, 3.63) is 35.6 Å². The van der Waals surface area contributed by atoms with Crippen molar-refractivity contribution in [3.8, 4) is 0 Å². The van der Waals surface area contributed by atoms with E-state index in [1.54, 1.807) is 0 Å². The van der Waals surface area contributed by atoms with Crippen LogP contribution in [0.3, 0.4) is 0 Å². The molecule has 0 fully saturated rings. The quantitative estimate of drug-likeness (QED) is 0.796. The number of aliphatic hydroxyl groups is 1. The molecule has 1 aromatic carbocycles. The first kappa shape index (κ1) is 11.7. The van der Waals surface area contributed by atoms with Gasteiger partial charge in [0.05, 0.1) is 5.41 Å². The van der Waals surface area contributed by atoms with Crippen LogP contribution >= 0.6 is 0 Å². The SMILES string of the molecule is CC(CCO)(C(=O)O)c1ccc(F)cc1. The Morgan fingerprint density at radius 2 is 1.93 bits per heavy atom. The first-order chi connectivity index (χ1) is 7.00. The Morgan fingerprint density at radius 1 is 1.40 bits per heavy atom. The van der Waals surface area contributed by atoms with E-state index in [9.17, 15) is 9.18 Å². The summed E-state index contributed by atoms with van der Waals surface area (Å²) in [7, 11) is 0. The molecule has 2 N–H and O–H groups in total. The molecule has 15 heavy (non-hydrogen) atoms. The number of hydrogen-bond donors (Lipinski definition) is 2. The molecule has 1 rings (SSSR count). The molecule has 1 unspecified atom stereocenters. The topological polar surface area (TPSA) is 57.5 Å². The van der Waals surface area contributed by atoms with Gasteiger partial charge in [-0.25, -0.2) is 4.39 Å². The molecule has 0 heterocycles. The molecule has 0 saturated heterocycles. The van der Waals surface area contributed by atoms with Crippen LogP contribution in [0.5, 0.6) is 0 Å². The molecular formula is C11H13FO3. The summed E-state index contributed by atoms with van der Waals surface area (Å²) < 4.78 is 12.7. The lowest BCUT2D eigenvalue weighted by Gasteiger charge is -2.24. The lowest BCUT2D eigenvalue weighted by atomic mass is 9.80. The van der Waals surface area contributed by atoms with Crippen molar-refractivity contribution in [1.82, 2.24) is 0 Å². The summed E-state index contributed by atoms with van der Waals surface area (Å²) in [5, 5.41) is 17.9. The molecule has 0 amide bonds. The minimum absolute atomic E-state index is 0.105. The minimum Gasteiger partial charge on any atom is -0.481 e.